The maximum atomic E-state index is 11.3. The van der Waals surface area contributed by atoms with Crippen LogP contribution in [-0.2, 0) is 19.2 Å². The molecule has 0 spiro atoms. The Kier molecular flexibility index (Phi) is 8.42. The van der Waals surface area contributed by atoms with E-state index in [1.54, 1.807) is 13.8 Å². The van der Waals surface area contributed by atoms with E-state index in [2.05, 4.69) is 0 Å². The van der Waals surface area contributed by atoms with Gasteiger partial charge in [0.05, 0.1) is 0 Å². The van der Waals surface area contributed by atoms with Crippen molar-refractivity contribution in [3.05, 3.63) is 0 Å². The molecule has 0 heterocycles. The second-order valence-electron chi connectivity index (χ2n) is 3.85. The molecule has 0 saturated carbocycles. The number of aliphatic carboxylic acids is 2. The van der Waals surface area contributed by atoms with Crippen molar-refractivity contribution in [2.75, 3.05) is 0 Å². The molecule has 0 aliphatic heterocycles. The molecule has 0 aromatic carbocycles. The first-order chi connectivity index (χ1) is 7.73. The number of carbonyl (C=O) groups excluding carboxylic acids is 2. The standard InChI is InChI=1S/C10H15NO6.CH4/c1-5(2)7(12)3-6(10(16)17)11-8(13)4-9(14)15;/h5-6H,3-4H2,1-2H3,(H,11,13)(H,14,15)(H,16,17);1H4. The van der Waals surface area contributed by atoms with E-state index in [0.717, 1.165) is 0 Å². The molecular weight excluding hydrogens is 242 g/mol. The minimum atomic E-state index is -1.38. The van der Waals surface area contributed by atoms with Crippen molar-refractivity contribution < 1.29 is 29.4 Å². The summed E-state index contributed by atoms with van der Waals surface area (Å²) in [6.07, 6.45) is -1.17. The normalized spacial score (nSPS) is 11.3. The van der Waals surface area contributed by atoms with Gasteiger partial charge in [-0.25, -0.2) is 4.79 Å². The van der Waals surface area contributed by atoms with E-state index in [-0.39, 0.29) is 25.5 Å². The highest BCUT2D eigenvalue weighted by Crippen LogP contribution is 2.03. The maximum absolute atomic E-state index is 11.3. The van der Waals surface area contributed by atoms with Gasteiger partial charge in [-0.1, -0.05) is 21.3 Å². The lowest BCUT2D eigenvalue weighted by Gasteiger charge is -2.14. The highest BCUT2D eigenvalue weighted by atomic mass is 16.4. The Morgan fingerprint density at radius 2 is 1.61 bits per heavy atom. The number of hydrogen-bond acceptors (Lipinski definition) is 4. The zero-order chi connectivity index (χ0) is 13.6. The number of rotatable bonds is 7. The Morgan fingerprint density at radius 3 is 1.94 bits per heavy atom. The summed E-state index contributed by atoms with van der Waals surface area (Å²) in [6.45, 7) is 3.22. The minimum absolute atomic E-state index is 0. The van der Waals surface area contributed by atoms with Gasteiger partial charge in [0, 0.05) is 12.3 Å². The van der Waals surface area contributed by atoms with Crippen LogP contribution in [0, 0.1) is 5.92 Å². The van der Waals surface area contributed by atoms with Crippen LogP contribution >= 0.6 is 0 Å². The van der Waals surface area contributed by atoms with Crippen molar-refractivity contribution in [1.82, 2.24) is 5.32 Å². The second kappa shape index (κ2) is 8.21. The summed E-state index contributed by atoms with van der Waals surface area (Å²) in [5.74, 6) is -4.30. The van der Waals surface area contributed by atoms with Crippen LogP contribution in [-0.4, -0.2) is 39.9 Å². The van der Waals surface area contributed by atoms with Gasteiger partial charge in [0.2, 0.25) is 5.91 Å². The Hall–Kier alpha value is -1.92. The van der Waals surface area contributed by atoms with E-state index in [1.165, 1.54) is 0 Å². The molecule has 0 saturated heterocycles. The van der Waals surface area contributed by atoms with Gasteiger partial charge in [0.15, 0.2) is 0 Å². The predicted octanol–water partition coefficient (Wildman–Crippen LogP) is 0.282. The summed E-state index contributed by atoms with van der Waals surface area (Å²) < 4.78 is 0. The maximum Gasteiger partial charge on any atom is 0.326 e. The Bertz CT molecular complexity index is 336. The number of nitrogens with one attached hydrogen (secondary N) is 1. The van der Waals surface area contributed by atoms with Gasteiger partial charge < -0.3 is 15.5 Å². The molecule has 1 atom stereocenters. The average Bonchev–Trinajstić information content (AvgIpc) is 2.14. The molecule has 0 aromatic heterocycles. The predicted molar refractivity (Wildman–Crippen MR) is 63.0 cm³/mol. The molecule has 7 nitrogen and oxygen atoms in total. The Labute approximate surface area is 105 Å². The summed E-state index contributed by atoms with van der Waals surface area (Å²) in [5.41, 5.74) is 0. The fourth-order valence-corrected chi connectivity index (χ4v) is 1.02. The van der Waals surface area contributed by atoms with Crippen LogP contribution in [0.1, 0.15) is 34.1 Å². The highest BCUT2D eigenvalue weighted by Gasteiger charge is 2.24. The second-order valence-corrected chi connectivity index (χ2v) is 3.85. The smallest absolute Gasteiger partial charge is 0.326 e. The third-order valence-corrected chi connectivity index (χ3v) is 1.99. The molecule has 18 heavy (non-hydrogen) atoms. The Balaban J connectivity index is 0. The van der Waals surface area contributed by atoms with Gasteiger partial charge in [-0.2, -0.15) is 0 Å². The van der Waals surface area contributed by atoms with Crippen molar-refractivity contribution in [2.24, 2.45) is 5.92 Å². The molecule has 7 heteroatoms. The van der Waals surface area contributed by atoms with Crippen molar-refractivity contribution in [3.63, 3.8) is 0 Å². The number of ketones is 1. The van der Waals surface area contributed by atoms with Crippen molar-refractivity contribution >= 4 is 23.6 Å². The van der Waals surface area contributed by atoms with Crippen LogP contribution in [0.3, 0.4) is 0 Å². The largest absolute Gasteiger partial charge is 0.481 e. The molecule has 0 aliphatic carbocycles. The highest BCUT2D eigenvalue weighted by molar-refractivity contribution is 5.96. The summed E-state index contributed by atoms with van der Waals surface area (Å²) in [6, 6.07) is -1.38. The molecule has 1 unspecified atom stereocenters. The average molecular weight is 261 g/mol. The first-order valence-electron chi connectivity index (χ1n) is 5.00. The van der Waals surface area contributed by atoms with Gasteiger partial charge in [-0.3, -0.25) is 14.4 Å². The first kappa shape index (κ1) is 18.4. The topological polar surface area (TPSA) is 121 Å². The van der Waals surface area contributed by atoms with Crippen LogP contribution in [0.2, 0.25) is 0 Å². The monoisotopic (exact) mass is 261 g/mol. The lowest BCUT2D eigenvalue weighted by molar-refractivity contribution is -0.146. The zero-order valence-electron chi connectivity index (χ0n) is 9.60. The lowest BCUT2D eigenvalue weighted by Crippen LogP contribution is -2.43. The summed E-state index contributed by atoms with van der Waals surface area (Å²) in [4.78, 5) is 43.4. The third-order valence-electron chi connectivity index (χ3n) is 1.99. The number of carboxylic acids is 2. The summed E-state index contributed by atoms with van der Waals surface area (Å²) in [5, 5.41) is 19.1. The molecule has 0 aromatic rings. The van der Waals surface area contributed by atoms with Crippen LogP contribution in [0.25, 0.3) is 0 Å². The number of hydrogen-bond donors (Lipinski definition) is 3. The van der Waals surface area contributed by atoms with Crippen molar-refractivity contribution in [2.45, 2.75) is 40.2 Å². The number of amides is 1. The molecule has 0 aliphatic rings. The van der Waals surface area contributed by atoms with Crippen LogP contribution < -0.4 is 5.32 Å². The molecule has 0 rings (SSSR count). The fraction of sp³-hybridized carbons (Fsp3) is 0.636. The van der Waals surface area contributed by atoms with E-state index >= 15 is 0 Å². The number of Topliss-reactive ketones (excluding diaryl/α,β-unsaturated/α-hetero) is 1. The van der Waals surface area contributed by atoms with Crippen molar-refractivity contribution in [3.8, 4) is 0 Å². The number of carboxylic acid groups (broad SMARTS) is 2. The van der Waals surface area contributed by atoms with Crippen molar-refractivity contribution in [1.29, 1.82) is 0 Å². The van der Waals surface area contributed by atoms with E-state index in [9.17, 15) is 19.2 Å². The summed E-state index contributed by atoms with van der Waals surface area (Å²) in [7, 11) is 0. The molecule has 104 valence electrons. The number of carbonyl (C=O) groups is 4. The van der Waals surface area contributed by atoms with E-state index < -0.39 is 30.3 Å². The minimum Gasteiger partial charge on any atom is -0.481 e. The quantitative estimate of drug-likeness (QED) is 0.566. The molecular formula is C11H19NO6. The van der Waals surface area contributed by atoms with Gasteiger partial charge in [-0.05, 0) is 0 Å². The molecule has 0 radical (unpaired) electrons. The van der Waals surface area contributed by atoms with Gasteiger partial charge >= 0.3 is 11.9 Å². The van der Waals surface area contributed by atoms with Gasteiger partial charge in [-0.15, -0.1) is 0 Å². The van der Waals surface area contributed by atoms with Gasteiger partial charge in [0.1, 0.15) is 18.2 Å². The van der Waals surface area contributed by atoms with Gasteiger partial charge in [0.25, 0.3) is 0 Å². The Morgan fingerprint density at radius 1 is 1.11 bits per heavy atom. The first-order valence-corrected chi connectivity index (χ1v) is 5.00. The van der Waals surface area contributed by atoms with Crippen LogP contribution in [0.15, 0.2) is 0 Å². The van der Waals surface area contributed by atoms with Crippen LogP contribution in [0.5, 0.6) is 0 Å². The molecule has 3 N–H and O–H groups in total. The van der Waals surface area contributed by atoms with Crippen LogP contribution in [0.4, 0.5) is 0 Å². The van der Waals surface area contributed by atoms with E-state index in [0.29, 0.717) is 0 Å². The molecule has 0 fully saturated rings. The summed E-state index contributed by atoms with van der Waals surface area (Å²) >= 11 is 0. The van der Waals surface area contributed by atoms with E-state index in [4.69, 9.17) is 10.2 Å². The molecule has 1 amide bonds. The zero-order valence-corrected chi connectivity index (χ0v) is 9.60. The fourth-order valence-electron chi connectivity index (χ4n) is 1.02. The third kappa shape index (κ3) is 7.37. The van der Waals surface area contributed by atoms with E-state index in [1.807, 2.05) is 5.32 Å². The lowest BCUT2D eigenvalue weighted by atomic mass is 10.0. The SMILES string of the molecule is C.CC(C)C(=O)CC(NC(=O)CC(=O)O)C(=O)O. The molecule has 0 bridgehead atoms.